The number of hydrogen-bond acceptors (Lipinski definition) is 4. The second-order valence-corrected chi connectivity index (χ2v) is 3.15. The van der Waals surface area contributed by atoms with E-state index in [4.69, 9.17) is 23.4 Å². The third-order valence-electron chi connectivity index (χ3n) is 0.607. The summed E-state index contributed by atoms with van der Waals surface area (Å²) in [7, 11) is -4.92. The van der Waals surface area contributed by atoms with Crippen molar-refractivity contribution in [2.45, 2.75) is 13.8 Å². The van der Waals surface area contributed by atoms with Crippen LogP contribution in [-0.2, 0) is 10.4 Å². The number of hydrogen-bond donors (Lipinski definition) is 3. The highest BCUT2D eigenvalue weighted by atomic mass is 32.3. The lowest BCUT2D eigenvalue weighted by molar-refractivity contribution is -0.672. The zero-order valence-electron chi connectivity index (χ0n) is 6.52. The van der Waals surface area contributed by atoms with Crippen LogP contribution in [0.1, 0.15) is 13.8 Å². The molecular formula is C4H14N2O4S. The third-order valence-corrected chi connectivity index (χ3v) is 0.607. The summed E-state index contributed by atoms with van der Waals surface area (Å²) in [6.07, 6.45) is 0. The molecule has 0 aliphatic heterocycles. The fourth-order valence-electron chi connectivity index (χ4n) is 0.272. The lowest BCUT2D eigenvalue weighted by Gasteiger charge is -1.94. The monoisotopic (exact) mass is 186 g/mol. The van der Waals surface area contributed by atoms with Crippen molar-refractivity contribution in [3.63, 3.8) is 0 Å². The van der Waals surface area contributed by atoms with E-state index in [1.165, 1.54) is 0 Å². The summed E-state index contributed by atoms with van der Waals surface area (Å²) in [6.45, 7) is 5.31. The topological polar surface area (TPSA) is 120 Å². The zero-order chi connectivity index (χ0) is 9.49. The lowest BCUT2D eigenvalue weighted by Crippen LogP contribution is -2.92. The predicted octanol–water partition coefficient (Wildman–Crippen LogP) is -1.92. The van der Waals surface area contributed by atoms with E-state index < -0.39 is 10.4 Å². The van der Waals surface area contributed by atoms with Crippen LogP contribution in [0, 0.1) is 5.92 Å². The van der Waals surface area contributed by atoms with Crippen LogP contribution >= 0.6 is 0 Å². The molecule has 0 aromatic carbocycles. The summed E-state index contributed by atoms with van der Waals surface area (Å²) in [4.78, 5) is 0. The molecule has 6 nitrogen and oxygen atoms in total. The second kappa shape index (κ2) is 6.50. The Morgan fingerprint density at radius 2 is 1.91 bits per heavy atom. The number of quaternary nitrogens is 1. The maximum atomic E-state index is 8.63. The van der Waals surface area contributed by atoms with E-state index in [1.54, 1.807) is 5.43 Å². The van der Waals surface area contributed by atoms with Crippen molar-refractivity contribution in [3.8, 4) is 0 Å². The van der Waals surface area contributed by atoms with Gasteiger partial charge in [0.05, 0.1) is 6.54 Å². The number of rotatable bonds is 2. The Bertz CT molecular complexity index is 157. The maximum absolute atomic E-state index is 8.63. The largest absolute Gasteiger partial charge is 0.726 e. The van der Waals surface area contributed by atoms with Gasteiger partial charge in [-0.15, -0.1) is 0 Å². The van der Waals surface area contributed by atoms with Crippen molar-refractivity contribution < 1.29 is 22.9 Å². The van der Waals surface area contributed by atoms with Crippen LogP contribution in [0.3, 0.4) is 0 Å². The fraction of sp³-hybridized carbons (Fsp3) is 1.00. The van der Waals surface area contributed by atoms with E-state index in [2.05, 4.69) is 13.8 Å². The lowest BCUT2D eigenvalue weighted by atomic mass is 10.2. The summed E-state index contributed by atoms with van der Waals surface area (Å²) >= 11 is 0. The smallest absolute Gasteiger partial charge is 0.215 e. The van der Waals surface area contributed by atoms with Gasteiger partial charge in [0.2, 0.25) is 10.4 Å². The Hall–Kier alpha value is -0.210. The third kappa shape index (κ3) is 76.3. The maximum Gasteiger partial charge on any atom is 0.215 e. The van der Waals surface area contributed by atoms with Gasteiger partial charge in [0.1, 0.15) is 0 Å². The molecule has 0 aliphatic rings. The summed E-state index contributed by atoms with van der Waals surface area (Å²) in [5, 5.41) is 0. The molecule has 0 aromatic rings. The summed E-state index contributed by atoms with van der Waals surface area (Å²) in [5.74, 6) is 5.82. The first-order chi connectivity index (χ1) is 4.77. The Labute approximate surface area is 66.3 Å². The van der Waals surface area contributed by atoms with E-state index >= 15 is 0 Å². The minimum atomic E-state index is -4.92. The molecule has 0 fully saturated rings. The summed E-state index contributed by atoms with van der Waals surface area (Å²) in [5.41, 5.74) is 1.70. The molecule has 0 aromatic heterocycles. The van der Waals surface area contributed by atoms with E-state index in [-0.39, 0.29) is 0 Å². The van der Waals surface area contributed by atoms with Gasteiger partial charge in [-0.1, -0.05) is 13.8 Å². The van der Waals surface area contributed by atoms with Crippen LogP contribution in [0.25, 0.3) is 0 Å². The standard InChI is InChI=1S/C4H12N2.H2O4S/c1-4(2)3-6-5;1-5(2,3)4/h4,6H,3,5H2,1-2H3;(H2,1,2,3,4). The first-order valence-corrected chi connectivity index (χ1v) is 4.35. The van der Waals surface area contributed by atoms with Gasteiger partial charge in [-0.2, -0.15) is 5.84 Å². The highest BCUT2D eigenvalue weighted by Crippen LogP contribution is 1.80. The van der Waals surface area contributed by atoms with Gasteiger partial charge in [-0.3, -0.25) is 9.98 Å². The van der Waals surface area contributed by atoms with Crippen LogP contribution < -0.4 is 11.3 Å². The SMILES string of the molecule is CC(C)C[NH2+]N.O=S(=O)([O-])O. The fourth-order valence-corrected chi connectivity index (χ4v) is 0.272. The molecule has 7 heteroatoms. The number of nitrogens with two attached hydrogens (primary N) is 2. The quantitative estimate of drug-likeness (QED) is 0.201. The van der Waals surface area contributed by atoms with E-state index in [1.807, 2.05) is 0 Å². The highest BCUT2D eigenvalue weighted by molar-refractivity contribution is 7.79. The molecule has 0 rings (SSSR count). The first-order valence-electron chi connectivity index (χ1n) is 2.99. The first kappa shape index (κ1) is 13.4. The van der Waals surface area contributed by atoms with Crippen LogP contribution in [-0.4, -0.2) is 24.1 Å². The van der Waals surface area contributed by atoms with Crippen molar-refractivity contribution in [1.82, 2.24) is 0 Å². The van der Waals surface area contributed by atoms with Crippen LogP contribution in [0.15, 0.2) is 0 Å². The second-order valence-electron chi connectivity index (χ2n) is 2.29. The molecule has 0 saturated carbocycles. The molecule has 0 atom stereocenters. The van der Waals surface area contributed by atoms with Crippen LogP contribution in [0.5, 0.6) is 0 Å². The normalized spacial score (nSPS) is 10.7. The molecule has 0 unspecified atom stereocenters. The molecule has 0 aliphatic carbocycles. The predicted molar refractivity (Wildman–Crippen MR) is 38.1 cm³/mol. The Morgan fingerprint density at radius 3 is 1.91 bits per heavy atom. The van der Waals surface area contributed by atoms with Gasteiger partial charge in [-0.25, -0.2) is 8.42 Å². The molecule has 11 heavy (non-hydrogen) atoms. The minimum absolute atomic E-state index is 0.718. The zero-order valence-corrected chi connectivity index (χ0v) is 7.34. The Balaban J connectivity index is 0. The van der Waals surface area contributed by atoms with Gasteiger partial charge in [0.15, 0.2) is 0 Å². The van der Waals surface area contributed by atoms with E-state index in [9.17, 15) is 0 Å². The van der Waals surface area contributed by atoms with Crippen LogP contribution in [0.2, 0.25) is 0 Å². The average molecular weight is 186 g/mol. The van der Waals surface area contributed by atoms with Crippen molar-refractivity contribution in [2.75, 3.05) is 6.54 Å². The summed E-state index contributed by atoms with van der Waals surface area (Å²) < 4.78 is 32.8. The summed E-state index contributed by atoms with van der Waals surface area (Å²) in [6, 6.07) is 0. The van der Waals surface area contributed by atoms with E-state index in [0.29, 0.717) is 0 Å². The van der Waals surface area contributed by atoms with Gasteiger partial charge in [0.25, 0.3) is 0 Å². The molecule has 0 amide bonds. The van der Waals surface area contributed by atoms with Gasteiger partial charge in [-0.05, 0) is 0 Å². The van der Waals surface area contributed by atoms with Crippen molar-refractivity contribution >= 4 is 10.4 Å². The molecule has 70 valence electrons. The Morgan fingerprint density at radius 1 is 1.64 bits per heavy atom. The van der Waals surface area contributed by atoms with Crippen LogP contribution in [0.4, 0.5) is 0 Å². The molecule has 0 spiro atoms. The van der Waals surface area contributed by atoms with Gasteiger partial charge < -0.3 is 4.55 Å². The molecule has 0 saturated heterocycles. The molecule has 0 bridgehead atoms. The highest BCUT2D eigenvalue weighted by Gasteiger charge is 1.88. The molecular weight excluding hydrogens is 172 g/mol. The average Bonchev–Trinajstić information content (AvgIpc) is 1.58. The van der Waals surface area contributed by atoms with Crippen molar-refractivity contribution in [2.24, 2.45) is 11.8 Å². The van der Waals surface area contributed by atoms with Gasteiger partial charge >= 0.3 is 0 Å². The van der Waals surface area contributed by atoms with Crippen molar-refractivity contribution in [3.05, 3.63) is 0 Å². The van der Waals surface area contributed by atoms with E-state index in [0.717, 1.165) is 12.5 Å². The molecule has 5 N–H and O–H groups in total. The minimum Gasteiger partial charge on any atom is -0.726 e. The van der Waals surface area contributed by atoms with Crippen molar-refractivity contribution in [1.29, 1.82) is 0 Å². The molecule has 0 heterocycles. The Kier molecular flexibility index (Phi) is 7.91. The van der Waals surface area contributed by atoms with Gasteiger partial charge in [0, 0.05) is 5.92 Å². The molecule has 0 radical (unpaired) electrons.